The first-order valence-electron chi connectivity index (χ1n) is 6.27. The lowest BCUT2D eigenvalue weighted by Gasteiger charge is -2.26. The number of fused-ring (bicyclic) bond motifs is 2. The highest BCUT2D eigenvalue weighted by Gasteiger charge is 2.49. The molecule has 3 rings (SSSR count). The second-order valence-electron chi connectivity index (χ2n) is 5.12. The molecule has 92 valence electrons. The van der Waals surface area contributed by atoms with Crippen LogP contribution in [0.5, 0.6) is 0 Å². The summed E-state index contributed by atoms with van der Waals surface area (Å²) in [7, 11) is 0. The SMILES string of the molecule is C[C@@]12CCCC(O1)C(C(O)c1ccccc1)O2. The Morgan fingerprint density at radius 3 is 2.76 bits per heavy atom. The van der Waals surface area contributed by atoms with Crippen LogP contribution < -0.4 is 0 Å². The third-order valence-electron chi connectivity index (χ3n) is 3.72. The molecule has 0 amide bonds. The van der Waals surface area contributed by atoms with E-state index in [9.17, 15) is 5.11 Å². The van der Waals surface area contributed by atoms with Crippen LogP contribution in [0.4, 0.5) is 0 Å². The Kier molecular flexibility index (Phi) is 2.69. The summed E-state index contributed by atoms with van der Waals surface area (Å²) in [6.45, 7) is 1.97. The van der Waals surface area contributed by atoms with Crippen LogP contribution in [-0.4, -0.2) is 23.1 Å². The van der Waals surface area contributed by atoms with Gasteiger partial charge in [0.2, 0.25) is 0 Å². The Bertz CT molecular complexity index is 392. The zero-order valence-corrected chi connectivity index (χ0v) is 10.0. The molecule has 0 radical (unpaired) electrons. The first-order valence-corrected chi connectivity index (χ1v) is 6.27. The summed E-state index contributed by atoms with van der Waals surface area (Å²) in [4.78, 5) is 0. The van der Waals surface area contributed by atoms with Crippen molar-refractivity contribution in [2.45, 2.75) is 50.3 Å². The van der Waals surface area contributed by atoms with Crippen LogP contribution in [0.3, 0.4) is 0 Å². The molecule has 1 N–H and O–H groups in total. The van der Waals surface area contributed by atoms with Crippen molar-refractivity contribution in [2.24, 2.45) is 0 Å². The van der Waals surface area contributed by atoms with Gasteiger partial charge in [0.05, 0.1) is 6.10 Å². The molecule has 0 spiro atoms. The monoisotopic (exact) mass is 234 g/mol. The van der Waals surface area contributed by atoms with E-state index in [1.54, 1.807) is 0 Å². The first-order chi connectivity index (χ1) is 8.18. The van der Waals surface area contributed by atoms with Gasteiger partial charge in [0, 0.05) is 6.42 Å². The van der Waals surface area contributed by atoms with Crippen molar-refractivity contribution < 1.29 is 14.6 Å². The van der Waals surface area contributed by atoms with E-state index in [-0.39, 0.29) is 12.2 Å². The van der Waals surface area contributed by atoms with E-state index in [4.69, 9.17) is 9.47 Å². The smallest absolute Gasteiger partial charge is 0.166 e. The molecule has 0 aliphatic carbocycles. The number of benzene rings is 1. The van der Waals surface area contributed by atoms with Gasteiger partial charge in [-0.15, -0.1) is 0 Å². The van der Waals surface area contributed by atoms with Gasteiger partial charge in [0.25, 0.3) is 0 Å². The minimum absolute atomic E-state index is 0.0314. The zero-order valence-electron chi connectivity index (χ0n) is 10.0. The van der Waals surface area contributed by atoms with Gasteiger partial charge < -0.3 is 14.6 Å². The van der Waals surface area contributed by atoms with Crippen molar-refractivity contribution in [1.82, 2.24) is 0 Å². The largest absolute Gasteiger partial charge is 0.386 e. The third-order valence-corrected chi connectivity index (χ3v) is 3.72. The first kappa shape index (κ1) is 11.2. The molecule has 4 atom stereocenters. The minimum atomic E-state index is -0.596. The number of rotatable bonds is 2. The summed E-state index contributed by atoms with van der Waals surface area (Å²) in [5, 5.41) is 10.4. The highest BCUT2D eigenvalue weighted by Crippen LogP contribution is 2.43. The highest BCUT2D eigenvalue weighted by atomic mass is 16.8. The molecule has 1 aromatic carbocycles. The van der Waals surface area contributed by atoms with Gasteiger partial charge in [-0.1, -0.05) is 30.3 Å². The Hall–Kier alpha value is -0.900. The predicted molar refractivity (Wildman–Crippen MR) is 63.4 cm³/mol. The fraction of sp³-hybridized carbons (Fsp3) is 0.571. The third kappa shape index (κ3) is 1.99. The van der Waals surface area contributed by atoms with Crippen LogP contribution >= 0.6 is 0 Å². The fourth-order valence-electron chi connectivity index (χ4n) is 2.85. The average molecular weight is 234 g/mol. The molecule has 2 bridgehead atoms. The summed E-state index contributed by atoms with van der Waals surface area (Å²) in [6, 6.07) is 9.67. The maximum absolute atomic E-state index is 10.4. The Labute approximate surface area is 101 Å². The van der Waals surface area contributed by atoms with Crippen LogP contribution in [0.2, 0.25) is 0 Å². The van der Waals surface area contributed by atoms with Crippen molar-refractivity contribution in [1.29, 1.82) is 0 Å². The molecular formula is C14H18O3. The summed E-state index contributed by atoms with van der Waals surface area (Å²) in [5.41, 5.74) is 0.900. The van der Waals surface area contributed by atoms with Gasteiger partial charge in [0.1, 0.15) is 12.2 Å². The number of hydrogen-bond acceptors (Lipinski definition) is 3. The summed E-state index contributed by atoms with van der Waals surface area (Å²) < 4.78 is 11.8. The molecule has 3 nitrogen and oxygen atoms in total. The van der Waals surface area contributed by atoms with Crippen LogP contribution in [0.15, 0.2) is 30.3 Å². The van der Waals surface area contributed by atoms with Gasteiger partial charge in [-0.2, -0.15) is 0 Å². The van der Waals surface area contributed by atoms with Gasteiger partial charge in [-0.3, -0.25) is 0 Å². The van der Waals surface area contributed by atoms with Crippen molar-refractivity contribution in [2.75, 3.05) is 0 Å². The zero-order chi connectivity index (χ0) is 11.9. The Morgan fingerprint density at radius 1 is 1.29 bits per heavy atom. The van der Waals surface area contributed by atoms with Crippen molar-refractivity contribution in [3.63, 3.8) is 0 Å². The second kappa shape index (κ2) is 4.09. The van der Waals surface area contributed by atoms with E-state index in [0.29, 0.717) is 0 Å². The molecule has 2 aliphatic rings. The number of ether oxygens (including phenoxy) is 2. The molecule has 3 unspecified atom stereocenters. The normalized spacial score (nSPS) is 38.0. The minimum Gasteiger partial charge on any atom is -0.386 e. The average Bonchev–Trinajstić information content (AvgIpc) is 2.59. The molecule has 17 heavy (non-hydrogen) atoms. The molecule has 2 aliphatic heterocycles. The molecular weight excluding hydrogens is 216 g/mol. The summed E-state index contributed by atoms with van der Waals surface area (Å²) >= 11 is 0. The topological polar surface area (TPSA) is 38.7 Å². The summed E-state index contributed by atoms with van der Waals surface area (Å²) in [6.07, 6.45) is 2.21. The van der Waals surface area contributed by atoms with Crippen LogP contribution in [-0.2, 0) is 9.47 Å². The molecule has 2 heterocycles. The maximum atomic E-state index is 10.4. The van der Waals surface area contributed by atoms with E-state index in [1.807, 2.05) is 37.3 Å². The predicted octanol–water partition coefficient (Wildman–Crippen LogP) is 2.40. The van der Waals surface area contributed by atoms with E-state index in [1.165, 1.54) is 0 Å². The van der Waals surface area contributed by atoms with Gasteiger partial charge in [-0.25, -0.2) is 0 Å². The number of aliphatic hydroxyl groups is 1. The van der Waals surface area contributed by atoms with Crippen LogP contribution in [0.1, 0.15) is 37.9 Å². The number of aliphatic hydroxyl groups excluding tert-OH is 1. The Balaban J connectivity index is 1.81. The lowest BCUT2D eigenvalue weighted by molar-refractivity contribution is -0.184. The van der Waals surface area contributed by atoms with Crippen molar-refractivity contribution >= 4 is 0 Å². The lowest BCUT2D eigenvalue weighted by Crippen LogP contribution is -2.30. The quantitative estimate of drug-likeness (QED) is 0.854. The van der Waals surface area contributed by atoms with Gasteiger partial charge in [0.15, 0.2) is 5.79 Å². The van der Waals surface area contributed by atoms with Crippen molar-refractivity contribution in [3.05, 3.63) is 35.9 Å². The number of hydrogen-bond donors (Lipinski definition) is 1. The van der Waals surface area contributed by atoms with E-state index in [2.05, 4.69) is 0 Å². The van der Waals surface area contributed by atoms with E-state index in [0.717, 1.165) is 24.8 Å². The molecule has 3 heteroatoms. The van der Waals surface area contributed by atoms with Crippen LogP contribution in [0.25, 0.3) is 0 Å². The maximum Gasteiger partial charge on any atom is 0.166 e. The summed E-state index contributed by atoms with van der Waals surface area (Å²) in [5.74, 6) is -0.483. The fourth-order valence-corrected chi connectivity index (χ4v) is 2.85. The molecule has 2 saturated heterocycles. The highest BCUT2D eigenvalue weighted by molar-refractivity contribution is 5.19. The molecule has 2 fully saturated rings. The lowest BCUT2D eigenvalue weighted by atomic mass is 9.96. The van der Waals surface area contributed by atoms with E-state index < -0.39 is 11.9 Å². The molecule has 1 aromatic rings. The van der Waals surface area contributed by atoms with Crippen LogP contribution in [0, 0.1) is 0 Å². The van der Waals surface area contributed by atoms with Crippen molar-refractivity contribution in [3.8, 4) is 0 Å². The van der Waals surface area contributed by atoms with Gasteiger partial charge in [-0.05, 0) is 25.3 Å². The standard InChI is InChI=1S/C14H18O3/c1-14-9-5-8-11(16-14)13(17-14)12(15)10-6-3-2-4-7-10/h2-4,6-7,11-13,15H,5,8-9H2,1H3/t11?,12?,13?,14-/m1/s1. The molecule has 0 saturated carbocycles. The van der Waals surface area contributed by atoms with Gasteiger partial charge >= 0.3 is 0 Å². The Morgan fingerprint density at radius 2 is 2.06 bits per heavy atom. The second-order valence-corrected chi connectivity index (χ2v) is 5.12. The van der Waals surface area contributed by atoms with E-state index >= 15 is 0 Å². The molecule has 0 aromatic heterocycles.